The lowest BCUT2D eigenvalue weighted by molar-refractivity contribution is 0.0939. The van der Waals surface area contributed by atoms with Crippen LogP contribution in [0.15, 0.2) is 59.5 Å². The Morgan fingerprint density at radius 1 is 0.973 bits per heavy atom. The summed E-state index contributed by atoms with van der Waals surface area (Å²) < 4.78 is 18.2. The van der Waals surface area contributed by atoms with Gasteiger partial charge in [-0.25, -0.2) is 0 Å². The number of pyridine rings is 1. The van der Waals surface area contributed by atoms with Crippen LogP contribution in [0.2, 0.25) is 0 Å². The Balaban J connectivity index is 1.56. The normalized spacial score (nSPS) is 13.4. The topological polar surface area (TPSA) is 82.0 Å². The van der Waals surface area contributed by atoms with Crippen LogP contribution in [0.4, 0.5) is 0 Å². The minimum atomic E-state index is -0.332. The molecule has 1 aliphatic rings. The van der Waals surface area contributed by atoms with E-state index in [2.05, 4.69) is 10.2 Å². The third kappa shape index (κ3) is 6.92. The number of nitrogens with zero attached hydrogens (tertiary/aromatic N) is 2. The van der Waals surface area contributed by atoms with Crippen LogP contribution in [0.5, 0.6) is 17.2 Å². The van der Waals surface area contributed by atoms with Crippen LogP contribution in [0.25, 0.3) is 0 Å². The van der Waals surface area contributed by atoms with E-state index in [1.807, 2.05) is 49.4 Å². The van der Waals surface area contributed by atoms with Crippen LogP contribution < -0.4 is 25.0 Å². The van der Waals surface area contributed by atoms with Crippen LogP contribution in [0.3, 0.4) is 0 Å². The number of benzene rings is 2. The predicted octanol–water partition coefficient (Wildman–Crippen LogP) is 3.63. The standard InChI is InChI=1S/C29H35N3O5/c1-21-16-25(36-3)11-8-23(21)18-32-19-28(37-20-22-6-9-24(35-2)10-7-22)27(33)17-26(32)29(34)30-12-15-31-13-4-5-14-31/h6-11,16-17,19H,4-5,12-15,18,20H2,1-3H3,(H,30,34). The van der Waals surface area contributed by atoms with Crippen LogP contribution in [0, 0.1) is 6.92 Å². The van der Waals surface area contributed by atoms with E-state index in [-0.39, 0.29) is 23.7 Å². The minimum Gasteiger partial charge on any atom is -0.497 e. The molecule has 0 spiro atoms. The molecule has 196 valence electrons. The second kappa shape index (κ2) is 12.5. The Morgan fingerprint density at radius 2 is 1.68 bits per heavy atom. The fourth-order valence-corrected chi connectivity index (χ4v) is 4.45. The summed E-state index contributed by atoms with van der Waals surface area (Å²) in [5.41, 5.74) is 2.91. The Morgan fingerprint density at radius 3 is 2.35 bits per heavy atom. The van der Waals surface area contributed by atoms with Crippen LogP contribution >= 0.6 is 0 Å². The van der Waals surface area contributed by atoms with Crippen molar-refractivity contribution in [2.45, 2.75) is 32.9 Å². The highest BCUT2D eigenvalue weighted by Crippen LogP contribution is 2.20. The third-order valence-electron chi connectivity index (χ3n) is 6.68. The third-order valence-corrected chi connectivity index (χ3v) is 6.68. The summed E-state index contributed by atoms with van der Waals surface area (Å²) in [7, 11) is 3.25. The predicted molar refractivity (Wildman–Crippen MR) is 143 cm³/mol. The number of amides is 1. The molecule has 37 heavy (non-hydrogen) atoms. The van der Waals surface area contributed by atoms with Gasteiger partial charge in [-0.15, -0.1) is 0 Å². The summed E-state index contributed by atoms with van der Waals surface area (Å²) in [6.07, 6.45) is 4.03. The number of methoxy groups -OCH3 is 2. The molecule has 1 N–H and O–H groups in total. The number of nitrogens with one attached hydrogen (secondary N) is 1. The molecule has 1 fully saturated rings. The van der Waals surface area contributed by atoms with Gasteiger partial charge >= 0.3 is 0 Å². The number of carbonyl (C=O) groups is 1. The summed E-state index contributed by atoms with van der Waals surface area (Å²) in [6, 6.07) is 14.7. The molecule has 8 nitrogen and oxygen atoms in total. The number of hydrogen-bond donors (Lipinski definition) is 1. The van der Waals surface area contributed by atoms with E-state index in [1.165, 1.54) is 18.9 Å². The van der Waals surface area contributed by atoms with Gasteiger partial charge < -0.3 is 29.0 Å². The Hall–Kier alpha value is -3.78. The molecule has 1 amide bonds. The zero-order valence-corrected chi connectivity index (χ0v) is 21.8. The first kappa shape index (κ1) is 26.3. The zero-order chi connectivity index (χ0) is 26.2. The van der Waals surface area contributed by atoms with Crippen molar-refractivity contribution < 1.29 is 19.0 Å². The van der Waals surface area contributed by atoms with Gasteiger partial charge in [0.05, 0.1) is 20.4 Å². The molecule has 0 unspecified atom stereocenters. The van der Waals surface area contributed by atoms with Gasteiger partial charge in [-0.2, -0.15) is 0 Å². The Kier molecular flexibility index (Phi) is 8.85. The monoisotopic (exact) mass is 505 g/mol. The first-order valence-corrected chi connectivity index (χ1v) is 12.6. The highest BCUT2D eigenvalue weighted by molar-refractivity contribution is 5.92. The van der Waals surface area contributed by atoms with E-state index in [0.717, 1.165) is 47.8 Å². The fraction of sp³-hybridized carbons (Fsp3) is 0.379. The minimum absolute atomic E-state index is 0.190. The van der Waals surface area contributed by atoms with E-state index in [1.54, 1.807) is 25.0 Å². The van der Waals surface area contributed by atoms with Gasteiger partial charge in [0, 0.05) is 25.7 Å². The average molecular weight is 506 g/mol. The highest BCUT2D eigenvalue weighted by atomic mass is 16.5. The van der Waals surface area contributed by atoms with E-state index >= 15 is 0 Å². The first-order valence-electron chi connectivity index (χ1n) is 12.6. The lowest BCUT2D eigenvalue weighted by Crippen LogP contribution is -2.35. The average Bonchev–Trinajstić information content (AvgIpc) is 3.43. The van der Waals surface area contributed by atoms with Crippen molar-refractivity contribution in [3.63, 3.8) is 0 Å². The molecule has 1 saturated heterocycles. The largest absolute Gasteiger partial charge is 0.497 e. The lowest BCUT2D eigenvalue weighted by atomic mass is 10.1. The quantitative estimate of drug-likeness (QED) is 0.429. The molecule has 1 aliphatic heterocycles. The summed E-state index contributed by atoms with van der Waals surface area (Å²) in [5, 5.41) is 2.99. The number of aryl methyl sites for hydroxylation is 1. The number of ether oxygens (including phenoxy) is 3. The lowest BCUT2D eigenvalue weighted by Gasteiger charge is -2.18. The van der Waals surface area contributed by atoms with Gasteiger partial charge in [0.2, 0.25) is 5.43 Å². The van der Waals surface area contributed by atoms with Gasteiger partial charge in [-0.1, -0.05) is 18.2 Å². The molecule has 2 aromatic carbocycles. The van der Waals surface area contributed by atoms with Crippen molar-refractivity contribution >= 4 is 5.91 Å². The maximum atomic E-state index is 13.2. The van der Waals surface area contributed by atoms with Gasteiger partial charge in [-0.05, 0) is 73.8 Å². The van der Waals surface area contributed by atoms with E-state index in [0.29, 0.717) is 18.8 Å². The summed E-state index contributed by atoms with van der Waals surface area (Å²) in [6.45, 7) is 6.10. The summed E-state index contributed by atoms with van der Waals surface area (Å²) in [5.74, 6) is 1.44. The Labute approximate surface area is 217 Å². The molecular formula is C29H35N3O5. The van der Waals surface area contributed by atoms with Crippen molar-refractivity contribution in [3.05, 3.63) is 87.3 Å². The van der Waals surface area contributed by atoms with Crippen molar-refractivity contribution in [3.8, 4) is 17.2 Å². The van der Waals surface area contributed by atoms with Crippen molar-refractivity contribution in [2.75, 3.05) is 40.4 Å². The maximum absolute atomic E-state index is 13.2. The molecule has 4 rings (SSSR count). The van der Waals surface area contributed by atoms with Gasteiger partial charge in [0.15, 0.2) is 5.75 Å². The second-order valence-electron chi connectivity index (χ2n) is 9.25. The van der Waals surface area contributed by atoms with Crippen LogP contribution in [0.1, 0.15) is 40.0 Å². The number of hydrogen-bond acceptors (Lipinski definition) is 6. The van der Waals surface area contributed by atoms with Crippen LogP contribution in [-0.4, -0.2) is 55.8 Å². The summed E-state index contributed by atoms with van der Waals surface area (Å²) >= 11 is 0. The maximum Gasteiger partial charge on any atom is 0.268 e. The number of aromatic nitrogens is 1. The van der Waals surface area contributed by atoms with Crippen LogP contribution in [-0.2, 0) is 13.2 Å². The summed E-state index contributed by atoms with van der Waals surface area (Å²) in [4.78, 5) is 28.4. The van der Waals surface area contributed by atoms with Gasteiger partial charge in [0.25, 0.3) is 5.91 Å². The molecule has 2 heterocycles. The smallest absolute Gasteiger partial charge is 0.268 e. The molecule has 0 radical (unpaired) electrons. The molecule has 0 aliphatic carbocycles. The molecule has 0 atom stereocenters. The van der Waals surface area contributed by atoms with E-state index < -0.39 is 0 Å². The highest BCUT2D eigenvalue weighted by Gasteiger charge is 2.17. The first-order chi connectivity index (χ1) is 18.0. The molecule has 1 aromatic heterocycles. The van der Waals surface area contributed by atoms with E-state index in [9.17, 15) is 9.59 Å². The SMILES string of the molecule is COc1ccc(COc2cn(Cc3ccc(OC)cc3C)c(C(=O)NCCN3CCCC3)cc2=O)cc1. The molecule has 0 saturated carbocycles. The number of rotatable bonds is 11. The Bertz CT molecular complexity index is 1260. The molecule has 3 aromatic rings. The molecular weight excluding hydrogens is 470 g/mol. The van der Waals surface area contributed by atoms with Crippen molar-refractivity contribution in [1.29, 1.82) is 0 Å². The van der Waals surface area contributed by atoms with Crippen molar-refractivity contribution in [2.24, 2.45) is 0 Å². The van der Waals surface area contributed by atoms with Gasteiger partial charge in [-0.3, -0.25) is 9.59 Å². The molecule has 0 bridgehead atoms. The molecule has 8 heteroatoms. The fourth-order valence-electron chi connectivity index (χ4n) is 4.45. The van der Waals surface area contributed by atoms with Crippen molar-refractivity contribution in [1.82, 2.24) is 14.8 Å². The van der Waals surface area contributed by atoms with E-state index in [4.69, 9.17) is 14.2 Å². The number of carbonyl (C=O) groups excluding carboxylic acids is 1. The second-order valence-corrected chi connectivity index (χ2v) is 9.25. The number of likely N-dealkylation sites (tertiary alicyclic amines) is 1. The zero-order valence-electron chi connectivity index (χ0n) is 21.8. The van der Waals surface area contributed by atoms with Gasteiger partial charge in [0.1, 0.15) is 23.8 Å².